The Bertz CT molecular complexity index is 256. The van der Waals surface area contributed by atoms with Gasteiger partial charge in [-0.15, -0.1) is 0 Å². The van der Waals surface area contributed by atoms with Crippen LogP contribution in [-0.4, -0.2) is 25.2 Å². The van der Waals surface area contributed by atoms with Gasteiger partial charge in [0, 0.05) is 0 Å². The normalized spacial score (nSPS) is 22.5. The second kappa shape index (κ2) is 5.38. The lowest BCUT2D eigenvalue weighted by Crippen LogP contribution is -2.56. The van der Waals surface area contributed by atoms with Gasteiger partial charge in [0.1, 0.15) is 5.54 Å². The number of hydrogen-bond donors (Lipinski definition) is 1. The molecule has 3 heteroatoms. The Morgan fingerprint density at radius 2 is 1.76 bits per heavy atom. The Balaban J connectivity index is 2.71. The fourth-order valence-electron chi connectivity index (χ4n) is 2.40. The maximum Gasteiger partial charge on any atom is 0.326 e. The van der Waals surface area contributed by atoms with Crippen LogP contribution in [-0.2, 0) is 9.53 Å². The molecule has 0 aromatic rings. The lowest BCUT2D eigenvalue weighted by Gasteiger charge is -2.42. The van der Waals surface area contributed by atoms with Gasteiger partial charge in [-0.1, -0.05) is 27.7 Å². The second-order valence-corrected chi connectivity index (χ2v) is 6.51. The van der Waals surface area contributed by atoms with Gasteiger partial charge in [0.2, 0.25) is 0 Å². The van der Waals surface area contributed by atoms with Crippen molar-refractivity contribution in [3.63, 3.8) is 0 Å². The standard InChI is InChI=1S/C14H27NO2/c1-11(2)10-15-14(12(16)17-5)8-6-13(3,4)7-9-14/h11,15H,6-10H2,1-5H3. The predicted molar refractivity (Wildman–Crippen MR) is 69.8 cm³/mol. The van der Waals surface area contributed by atoms with E-state index in [2.05, 4.69) is 33.0 Å². The van der Waals surface area contributed by atoms with Crippen molar-refractivity contribution in [3.05, 3.63) is 0 Å². The maximum atomic E-state index is 12.0. The van der Waals surface area contributed by atoms with Crippen molar-refractivity contribution < 1.29 is 9.53 Å². The van der Waals surface area contributed by atoms with E-state index in [1.807, 2.05) is 0 Å². The summed E-state index contributed by atoms with van der Waals surface area (Å²) in [5.41, 5.74) is -0.0778. The molecule has 1 saturated carbocycles. The van der Waals surface area contributed by atoms with Gasteiger partial charge >= 0.3 is 5.97 Å². The minimum Gasteiger partial charge on any atom is -0.468 e. The minimum absolute atomic E-state index is 0.0892. The van der Waals surface area contributed by atoms with Crippen molar-refractivity contribution in [2.75, 3.05) is 13.7 Å². The van der Waals surface area contributed by atoms with Gasteiger partial charge in [0.05, 0.1) is 7.11 Å². The van der Waals surface area contributed by atoms with Gasteiger partial charge in [-0.25, -0.2) is 0 Å². The van der Waals surface area contributed by atoms with E-state index in [4.69, 9.17) is 4.74 Å². The molecule has 0 unspecified atom stereocenters. The second-order valence-electron chi connectivity index (χ2n) is 6.51. The molecule has 0 saturated heterocycles. The van der Waals surface area contributed by atoms with Crippen molar-refractivity contribution in [1.29, 1.82) is 0 Å². The molecule has 1 rings (SSSR count). The van der Waals surface area contributed by atoms with E-state index in [0.29, 0.717) is 11.3 Å². The van der Waals surface area contributed by atoms with Gasteiger partial charge in [0.25, 0.3) is 0 Å². The molecule has 3 nitrogen and oxygen atoms in total. The first-order chi connectivity index (χ1) is 7.81. The summed E-state index contributed by atoms with van der Waals surface area (Å²) < 4.78 is 4.99. The van der Waals surface area contributed by atoms with Gasteiger partial charge in [-0.05, 0) is 43.6 Å². The van der Waals surface area contributed by atoms with Crippen molar-refractivity contribution in [1.82, 2.24) is 5.32 Å². The third-order valence-corrected chi connectivity index (χ3v) is 3.88. The van der Waals surface area contributed by atoms with E-state index in [1.165, 1.54) is 7.11 Å². The Labute approximate surface area is 105 Å². The molecular formula is C14H27NO2. The number of nitrogens with one attached hydrogen (secondary N) is 1. The first-order valence-electron chi connectivity index (χ1n) is 6.65. The molecule has 0 heterocycles. The SMILES string of the molecule is COC(=O)C1(NCC(C)C)CCC(C)(C)CC1. The summed E-state index contributed by atoms with van der Waals surface area (Å²) in [5.74, 6) is 0.458. The third kappa shape index (κ3) is 3.70. The molecular weight excluding hydrogens is 214 g/mol. The molecule has 0 atom stereocenters. The zero-order valence-corrected chi connectivity index (χ0v) is 11.9. The number of methoxy groups -OCH3 is 1. The summed E-state index contributed by atoms with van der Waals surface area (Å²) in [7, 11) is 1.49. The van der Waals surface area contributed by atoms with E-state index in [9.17, 15) is 4.79 Å². The van der Waals surface area contributed by atoms with Crippen molar-refractivity contribution >= 4 is 5.97 Å². The number of ether oxygens (including phenoxy) is 1. The minimum atomic E-state index is -0.436. The van der Waals surface area contributed by atoms with E-state index < -0.39 is 5.54 Å². The van der Waals surface area contributed by atoms with Crippen LogP contribution in [0, 0.1) is 11.3 Å². The van der Waals surface area contributed by atoms with Crippen LogP contribution >= 0.6 is 0 Å². The zero-order valence-electron chi connectivity index (χ0n) is 11.9. The Kier molecular flexibility index (Phi) is 4.59. The van der Waals surface area contributed by atoms with Crippen LogP contribution in [0.15, 0.2) is 0 Å². The molecule has 1 N–H and O–H groups in total. The van der Waals surface area contributed by atoms with Crippen LogP contribution in [0.3, 0.4) is 0 Å². The fraction of sp³-hybridized carbons (Fsp3) is 0.929. The highest BCUT2D eigenvalue weighted by Crippen LogP contribution is 2.40. The molecule has 0 spiro atoms. The highest BCUT2D eigenvalue weighted by Gasteiger charge is 2.44. The van der Waals surface area contributed by atoms with Crippen LogP contribution in [0.1, 0.15) is 53.4 Å². The quantitative estimate of drug-likeness (QED) is 0.769. The summed E-state index contributed by atoms with van der Waals surface area (Å²) in [4.78, 5) is 12.0. The van der Waals surface area contributed by atoms with E-state index >= 15 is 0 Å². The molecule has 0 radical (unpaired) electrons. The lowest BCUT2D eigenvalue weighted by atomic mass is 9.69. The first kappa shape index (κ1) is 14.5. The molecule has 17 heavy (non-hydrogen) atoms. The predicted octanol–water partition coefficient (Wildman–Crippen LogP) is 2.74. The molecule has 0 aromatic heterocycles. The molecule has 0 amide bonds. The molecule has 100 valence electrons. The Morgan fingerprint density at radius 3 is 2.18 bits per heavy atom. The molecule has 0 aromatic carbocycles. The average molecular weight is 241 g/mol. The Morgan fingerprint density at radius 1 is 1.24 bits per heavy atom. The van der Waals surface area contributed by atoms with Gasteiger partial charge < -0.3 is 10.1 Å². The van der Waals surface area contributed by atoms with Crippen LogP contribution in [0.25, 0.3) is 0 Å². The van der Waals surface area contributed by atoms with Crippen LogP contribution < -0.4 is 5.32 Å². The van der Waals surface area contributed by atoms with Gasteiger partial charge in [-0.2, -0.15) is 0 Å². The van der Waals surface area contributed by atoms with Crippen LogP contribution in [0.4, 0.5) is 0 Å². The summed E-state index contributed by atoms with van der Waals surface area (Å²) in [6, 6.07) is 0. The highest BCUT2D eigenvalue weighted by atomic mass is 16.5. The average Bonchev–Trinajstić information content (AvgIpc) is 2.27. The zero-order chi connectivity index (χ0) is 13.1. The molecule has 1 aliphatic carbocycles. The number of carbonyl (C=O) groups excluding carboxylic acids is 1. The summed E-state index contributed by atoms with van der Waals surface area (Å²) in [5, 5.41) is 3.45. The maximum absolute atomic E-state index is 12.0. The Hall–Kier alpha value is -0.570. The summed E-state index contributed by atoms with van der Waals surface area (Å²) in [6.45, 7) is 9.73. The molecule has 0 aliphatic heterocycles. The molecule has 0 bridgehead atoms. The molecule has 1 fully saturated rings. The van der Waals surface area contributed by atoms with E-state index in [0.717, 1.165) is 32.2 Å². The van der Waals surface area contributed by atoms with Crippen molar-refractivity contribution in [2.45, 2.75) is 58.9 Å². The first-order valence-corrected chi connectivity index (χ1v) is 6.65. The van der Waals surface area contributed by atoms with Crippen molar-refractivity contribution in [2.24, 2.45) is 11.3 Å². The summed E-state index contributed by atoms with van der Waals surface area (Å²) in [6.07, 6.45) is 3.93. The van der Waals surface area contributed by atoms with Crippen LogP contribution in [0.5, 0.6) is 0 Å². The largest absolute Gasteiger partial charge is 0.468 e. The van der Waals surface area contributed by atoms with Gasteiger partial charge in [0.15, 0.2) is 0 Å². The van der Waals surface area contributed by atoms with Crippen molar-refractivity contribution in [3.8, 4) is 0 Å². The van der Waals surface area contributed by atoms with Crippen LogP contribution in [0.2, 0.25) is 0 Å². The highest BCUT2D eigenvalue weighted by molar-refractivity contribution is 5.80. The third-order valence-electron chi connectivity index (χ3n) is 3.88. The number of carbonyl (C=O) groups is 1. The van der Waals surface area contributed by atoms with E-state index in [1.54, 1.807) is 0 Å². The summed E-state index contributed by atoms with van der Waals surface area (Å²) >= 11 is 0. The smallest absolute Gasteiger partial charge is 0.326 e. The monoisotopic (exact) mass is 241 g/mol. The topological polar surface area (TPSA) is 38.3 Å². The number of hydrogen-bond acceptors (Lipinski definition) is 3. The van der Waals surface area contributed by atoms with E-state index in [-0.39, 0.29) is 5.97 Å². The number of rotatable bonds is 4. The number of esters is 1. The lowest BCUT2D eigenvalue weighted by molar-refractivity contribution is -0.151. The fourth-order valence-corrected chi connectivity index (χ4v) is 2.40. The molecule has 1 aliphatic rings. The van der Waals surface area contributed by atoms with Gasteiger partial charge in [-0.3, -0.25) is 4.79 Å².